The van der Waals surface area contributed by atoms with Gasteiger partial charge in [0, 0.05) is 24.5 Å². The topological polar surface area (TPSA) is 78.1 Å². The van der Waals surface area contributed by atoms with Gasteiger partial charge in [-0.2, -0.15) is 4.31 Å². The van der Waals surface area contributed by atoms with Crippen LogP contribution in [0.3, 0.4) is 0 Å². The van der Waals surface area contributed by atoms with Crippen molar-refractivity contribution in [1.29, 1.82) is 0 Å². The minimum atomic E-state index is -3.46. The number of rotatable bonds is 4. The summed E-state index contributed by atoms with van der Waals surface area (Å²) >= 11 is 0. The van der Waals surface area contributed by atoms with E-state index in [0.717, 1.165) is 38.8 Å². The van der Waals surface area contributed by atoms with Gasteiger partial charge in [-0.25, -0.2) is 13.4 Å². The van der Waals surface area contributed by atoms with Gasteiger partial charge in [0.25, 0.3) is 10.0 Å². The van der Waals surface area contributed by atoms with E-state index in [1.807, 2.05) is 0 Å². The van der Waals surface area contributed by atoms with Crippen LogP contribution in [0.25, 0.3) is 0 Å². The number of H-pyrrole nitrogens is 1. The molecule has 18 heavy (non-hydrogen) atoms. The van der Waals surface area contributed by atoms with Crippen LogP contribution in [-0.2, 0) is 10.0 Å². The van der Waals surface area contributed by atoms with Gasteiger partial charge in [-0.05, 0) is 38.8 Å². The van der Waals surface area contributed by atoms with Crippen molar-refractivity contribution in [1.82, 2.24) is 19.6 Å². The summed E-state index contributed by atoms with van der Waals surface area (Å²) < 4.78 is 26.9. The van der Waals surface area contributed by atoms with Crippen molar-refractivity contribution in [3.63, 3.8) is 0 Å². The fourth-order valence-electron chi connectivity index (χ4n) is 2.57. The molecule has 7 heteroatoms. The number of hydrogen-bond acceptors (Lipinski definition) is 4. The van der Waals surface area contributed by atoms with Crippen LogP contribution in [-0.4, -0.2) is 47.9 Å². The fraction of sp³-hybridized carbons (Fsp3) is 0.727. The van der Waals surface area contributed by atoms with Crippen LogP contribution in [0.1, 0.15) is 25.7 Å². The lowest BCUT2D eigenvalue weighted by Gasteiger charge is -2.33. The van der Waals surface area contributed by atoms with Crippen molar-refractivity contribution < 1.29 is 8.42 Å². The van der Waals surface area contributed by atoms with E-state index >= 15 is 0 Å². The molecule has 0 spiro atoms. The first kappa shape index (κ1) is 12.1. The number of aromatic amines is 1. The predicted octanol–water partition coefficient (Wildman–Crippen LogP) is 0.315. The Morgan fingerprint density at radius 1 is 1.17 bits per heavy atom. The van der Waals surface area contributed by atoms with E-state index < -0.39 is 10.0 Å². The molecule has 0 amide bonds. The number of nitrogens with zero attached hydrogens (tertiary/aromatic N) is 2. The number of hydrogen-bond donors (Lipinski definition) is 2. The Balaban J connectivity index is 1.89. The fourth-order valence-corrected chi connectivity index (χ4v) is 4.39. The average molecular weight is 270 g/mol. The van der Waals surface area contributed by atoms with E-state index in [0.29, 0.717) is 0 Å². The van der Waals surface area contributed by atoms with Gasteiger partial charge in [-0.3, -0.25) is 0 Å². The van der Waals surface area contributed by atoms with Crippen molar-refractivity contribution in [2.75, 3.05) is 13.1 Å². The molecule has 2 N–H and O–H groups in total. The summed E-state index contributed by atoms with van der Waals surface area (Å²) in [6.07, 6.45) is 6.77. The van der Waals surface area contributed by atoms with E-state index in [2.05, 4.69) is 15.3 Å². The summed E-state index contributed by atoms with van der Waals surface area (Å²) in [5.74, 6) is 0. The van der Waals surface area contributed by atoms with Gasteiger partial charge in [-0.15, -0.1) is 0 Å². The van der Waals surface area contributed by atoms with Gasteiger partial charge in [0.15, 0.2) is 0 Å². The van der Waals surface area contributed by atoms with E-state index in [9.17, 15) is 8.42 Å². The Bertz CT molecular complexity index is 489. The highest BCUT2D eigenvalue weighted by atomic mass is 32.2. The molecule has 1 saturated carbocycles. The van der Waals surface area contributed by atoms with Crippen molar-refractivity contribution >= 4 is 10.0 Å². The van der Waals surface area contributed by atoms with Gasteiger partial charge in [0.05, 0.1) is 0 Å². The van der Waals surface area contributed by atoms with Gasteiger partial charge in [-0.1, -0.05) is 0 Å². The monoisotopic (exact) mass is 270 g/mol. The van der Waals surface area contributed by atoms with Crippen LogP contribution in [0.2, 0.25) is 0 Å². The molecule has 2 heterocycles. The third-order valence-corrected chi connectivity index (χ3v) is 5.43. The quantitative estimate of drug-likeness (QED) is 0.825. The molecule has 1 aliphatic carbocycles. The molecule has 100 valence electrons. The summed E-state index contributed by atoms with van der Waals surface area (Å²) in [7, 11) is -3.46. The van der Waals surface area contributed by atoms with E-state index in [4.69, 9.17) is 0 Å². The van der Waals surface area contributed by atoms with Crippen LogP contribution in [0.5, 0.6) is 0 Å². The Morgan fingerprint density at radius 3 is 2.39 bits per heavy atom. The number of nitrogens with one attached hydrogen (secondary N) is 2. The maximum Gasteiger partial charge on any atom is 0.277 e. The summed E-state index contributed by atoms with van der Waals surface area (Å²) in [6, 6.07) is 0.303. The molecule has 1 aliphatic heterocycles. The lowest BCUT2D eigenvalue weighted by Crippen LogP contribution is -2.47. The zero-order valence-electron chi connectivity index (χ0n) is 10.2. The Morgan fingerprint density at radius 2 is 1.83 bits per heavy atom. The van der Waals surface area contributed by atoms with Crippen molar-refractivity contribution in [3.05, 3.63) is 12.4 Å². The second kappa shape index (κ2) is 4.64. The van der Waals surface area contributed by atoms with Crippen LogP contribution < -0.4 is 5.32 Å². The maximum absolute atomic E-state index is 12.6. The lowest BCUT2D eigenvalue weighted by atomic mass is 10.1. The molecule has 0 atom stereocenters. The zero-order valence-corrected chi connectivity index (χ0v) is 11.0. The first-order valence-corrected chi connectivity index (χ1v) is 7.87. The number of sulfonamides is 1. The van der Waals surface area contributed by atoms with Crippen LogP contribution in [0.4, 0.5) is 0 Å². The first-order chi connectivity index (χ1) is 8.69. The van der Waals surface area contributed by atoms with Crippen molar-refractivity contribution in [2.45, 2.75) is 42.9 Å². The minimum Gasteiger partial charge on any atom is -0.334 e. The largest absolute Gasteiger partial charge is 0.334 e. The van der Waals surface area contributed by atoms with Crippen molar-refractivity contribution in [3.8, 4) is 0 Å². The third-order valence-electron chi connectivity index (χ3n) is 3.57. The van der Waals surface area contributed by atoms with Gasteiger partial charge >= 0.3 is 0 Å². The Labute approximate surface area is 107 Å². The van der Waals surface area contributed by atoms with Crippen molar-refractivity contribution in [2.24, 2.45) is 0 Å². The minimum absolute atomic E-state index is 0.0768. The molecule has 0 radical (unpaired) electrons. The van der Waals surface area contributed by atoms with Crippen LogP contribution >= 0.6 is 0 Å². The normalized spacial score (nSPS) is 22.5. The Hall–Kier alpha value is -0.920. The molecule has 1 saturated heterocycles. The van der Waals surface area contributed by atoms with Gasteiger partial charge < -0.3 is 10.3 Å². The lowest BCUT2D eigenvalue weighted by molar-refractivity contribution is 0.254. The predicted molar refractivity (Wildman–Crippen MR) is 66.5 cm³/mol. The molecular weight excluding hydrogens is 252 g/mol. The van der Waals surface area contributed by atoms with Gasteiger partial charge in [0.2, 0.25) is 5.16 Å². The molecule has 1 aromatic heterocycles. The zero-order chi connectivity index (χ0) is 12.6. The third kappa shape index (κ3) is 2.17. The molecule has 6 nitrogen and oxygen atoms in total. The maximum atomic E-state index is 12.6. The number of aromatic nitrogens is 2. The average Bonchev–Trinajstić information content (AvgIpc) is 3.02. The molecular formula is C11H18N4O2S. The highest BCUT2D eigenvalue weighted by molar-refractivity contribution is 7.89. The molecule has 0 aromatic carbocycles. The van der Waals surface area contributed by atoms with Crippen LogP contribution in [0.15, 0.2) is 17.6 Å². The van der Waals surface area contributed by atoms with E-state index in [-0.39, 0.29) is 17.2 Å². The summed E-state index contributed by atoms with van der Waals surface area (Å²) in [5, 5.41) is 3.35. The Kier molecular flexibility index (Phi) is 3.13. The smallest absolute Gasteiger partial charge is 0.277 e. The van der Waals surface area contributed by atoms with Gasteiger partial charge in [0.1, 0.15) is 0 Å². The molecule has 2 aliphatic rings. The second-order valence-corrected chi connectivity index (χ2v) is 6.70. The molecule has 0 bridgehead atoms. The second-order valence-electron chi connectivity index (χ2n) is 4.94. The molecule has 1 aromatic rings. The summed E-state index contributed by atoms with van der Waals surface area (Å²) in [4.78, 5) is 6.64. The first-order valence-electron chi connectivity index (χ1n) is 6.43. The number of imidazole rings is 1. The summed E-state index contributed by atoms with van der Waals surface area (Å²) in [6.45, 7) is 1.78. The SMILES string of the molecule is O=S(=O)(c1ncc[nH]1)N(C1CCNCC1)C1CC1. The van der Waals surface area contributed by atoms with E-state index in [1.165, 1.54) is 6.20 Å². The highest BCUT2D eigenvalue weighted by Gasteiger charge is 2.43. The number of piperidine rings is 1. The van der Waals surface area contributed by atoms with E-state index in [1.54, 1.807) is 10.5 Å². The van der Waals surface area contributed by atoms with Crippen LogP contribution in [0, 0.1) is 0 Å². The summed E-state index contributed by atoms with van der Waals surface area (Å²) in [5.41, 5.74) is 0. The molecule has 0 unspecified atom stereocenters. The molecule has 2 fully saturated rings. The standard InChI is InChI=1S/C11H18N4O2S/c16-18(17,11-13-7-8-14-11)15(9-1-2-9)10-3-5-12-6-4-10/h7-10,12H,1-6H2,(H,13,14). The molecule has 3 rings (SSSR count). The highest BCUT2D eigenvalue weighted by Crippen LogP contribution is 2.35.